The quantitative estimate of drug-likeness (QED) is 0.382. The van der Waals surface area contributed by atoms with Crippen LogP contribution < -0.4 is 19.7 Å². The Morgan fingerprint density at radius 1 is 0.912 bits per heavy atom. The van der Waals surface area contributed by atoms with E-state index < -0.39 is 0 Å². The van der Waals surface area contributed by atoms with Crippen LogP contribution in [0, 0.1) is 6.92 Å². The van der Waals surface area contributed by atoms with E-state index in [1.54, 1.807) is 14.2 Å². The molecule has 2 aromatic carbocycles. The predicted octanol–water partition coefficient (Wildman–Crippen LogP) is 5.38. The Kier molecular flexibility index (Phi) is 5.94. The molecule has 34 heavy (non-hydrogen) atoms. The van der Waals surface area contributed by atoms with Crippen molar-refractivity contribution >= 4 is 23.0 Å². The zero-order valence-electron chi connectivity index (χ0n) is 19.3. The monoisotopic (exact) mass is 470 g/mol. The van der Waals surface area contributed by atoms with Crippen LogP contribution in [0.3, 0.4) is 0 Å². The summed E-state index contributed by atoms with van der Waals surface area (Å²) in [7, 11) is 3.30. The molecule has 6 nitrogen and oxygen atoms in total. The Hall–Kier alpha value is -3.84. The molecule has 5 rings (SSSR count). The van der Waals surface area contributed by atoms with Crippen molar-refractivity contribution < 1.29 is 9.47 Å². The van der Waals surface area contributed by atoms with Gasteiger partial charge in [-0.25, -0.2) is 0 Å². The van der Waals surface area contributed by atoms with Gasteiger partial charge < -0.3 is 24.3 Å². The number of hydrogen-bond acceptors (Lipinski definition) is 4. The van der Waals surface area contributed by atoms with Gasteiger partial charge in [0.1, 0.15) is 17.5 Å². The van der Waals surface area contributed by atoms with Crippen LogP contribution in [0.1, 0.15) is 29.0 Å². The van der Waals surface area contributed by atoms with Crippen LogP contribution in [0.2, 0.25) is 0 Å². The van der Waals surface area contributed by atoms with Gasteiger partial charge in [0.05, 0.1) is 31.6 Å². The molecule has 172 valence electrons. The molecule has 0 saturated carbocycles. The molecular weight excluding hydrogens is 444 g/mol. The third kappa shape index (κ3) is 3.78. The summed E-state index contributed by atoms with van der Waals surface area (Å²) in [5.74, 6) is 1.41. The number of aromatic nitrogens is 2. The van der Waals surface area contributed by atoms with Gasteiger partial charge in [-0.15, -0.1) is 0 Å². The van der Waals surface area contributed by atoms with Crippen molar-refractivity contribution in [1.29, 1.82) is 0 Å². The summed E-state index contributed by atoms with van der Waals surface area (Å²) >= 11 is 5.90. The van der Waals surface area contributed by atoms with Crippen molar-refractivity contribution in [2.45, 2.75) is 19.0 Å². The lowest BCUT2D eigenvalue weighted by Crippen LogP contribution is -2.30. The number of aryl methyl sites for hydroxylation is 1. The minimum Gasteiger partial charge on any atom is -0.497 e. The number of nitrogens with zero attached hydrogens (tertiary/aromatic N) is 3. The third-order valence-corrected chi connectivity index (χ3v) is 6.52. The van der Waals surface area contributed by atoms with Crippen LogP contribution in [-0.4, -0.2) is 28.9 Å². The van der Waals surface area contributed by atoms with Gasteiger partial charge in [-0.2, -0.15) is 0 Å². The number of thiocarbonyl (C=S) groups is 1. The molecule has 4 aromatic rings. The normalized spacial score (nSPS) is 17.5. The second-order valence-corrected chi connectivity index (χ2v) is 8.51. The molecule has 2 aromatic heterocycles. The first-order valence-electron chi connectivity index (χ1n) is 11.1. The average molecular weight is 471 g/mol. The lowest BCUT2D eigenvalue weighted by molar-refractivity contribution is 0.394. The molecule has 0 aliphatic carbocycles. The summed E-state index contributed by atoms with van der Waals surface area (Å²) in [5.41, 5.74) is 5.19. The number of rotatable bonds is 6. The van der Waals surface area contributed by atoms with Crippen LogP contribution in [-0.2, 0) is 0 Å². The summed E-state index contributed by atoms with van der Waals surface area (Å²) in [6.45, 7) is 2.12. The minimum absolute atomic E-state index is 0.154. The molecule has 3 heterocycles. The van der Waals surface area contributed by atoms with E-state index in [-0.39, 0.29) is 12.1 Å². The molecule has 0 spiro atoms. The topological polar surface area (TPSA) is 51.5 Å². The molecule has 2 atom stereocenters. The molecule has 0 radical (unpaired) electrons. The molecule has 1 N–H and O–H groups in total. The molecule has 0 amide bonds. The SMILES string of the molecule is COc1ccc(N2C(=S)N[C@@H](c3ccccn3)[C@H]2c2cccn2-c2ccccc2C)c(OC)c1. The Balaban J connectivity index is 1.70. The van der Waals surface area contributed by atoms with Gasteiger partial charge in [-0.3, -0.25) is 4.98 Å². The van der Waals surface area contributed by atoms with Gasteiger partial charge in [0.15, 0.2) is 5.11 Å². The second-order valence-electron chi connectivity index (χ2n) is 8.12. The van der Waals surface area contributed by atoms with Crippen LogP contribution >= 0.6 is 12.2 Å². The van der Waals surface area contributed by atoms with Gasteiger partial charge in [-0.05, 0) is 67.2 Å². The molecule has 0 bridgehead atoms. The highest BCUT2D eigenvalue weighted by molar-refractivity contribution is 7.80. The Bertz CT molecular complexity index is 1320. The maximum absolute atomic E-state index is 5.90. The molecular formula is C27H26N4O2S. The van der Waals surface area contributed by atoms with Crippen LogP contribution in [0.5, 0.6) is 11.5 Å². The lowest BCUT2D eigenvalue weighted by Gasteiger charge is -2.30. The van der Waals surface area contributed by atoms with E-state index in [2.05, 4.69) is 69.3 Å². The Morgan fingerprint density at radius 3 is 2.47 bits per heavy atom. The van der Waals surface area contributed by atoms with E-state index in [1.807, 2.05) is 42.6 Å². The maximum atomic E-state index is 5.90. The van der Waals surface area contributed by atoms with Gasteiger partial charge >= 0.3 is 0 Å². The molecule has 7 heteroatoms. The number of para-hydroxylation sites is 1. The van der Waals surface area contributed by atoms with Crippen molar-refractivity contribution in [2.75, 3.05) is 19.1 Å². The summed E-state index contributed by atoms with van der Waals surface area (Å²) in [5, 5.41) is 4.14. The first kappa shape index (κ1) is 22.0. The number of pyridine rings is 1. The zero-order valence-corrected chi connectivity index (χ0v) is 20.1. The van der Waals surface area contributed by atoms with Gasteiger partial charge in [0.2, 0.25) is 0 Å². The van der Waals surface area contributed by atoms with Gasteiger partial charge in [-0.1, -0.05) is 24.3 Å². The molecule has 1 aliphatic heterocycles. The van der Waals surface area contributed by atoms with E-state index in [1.165, 1.54) is 5.56 Å². The van der Waals surface area contributed by atoms with E-state index in [4.69, 9.17) is 21.7 Å². The van der Waals surface area contributed by atoms with Crippen LogP contribution in [0.25, 0.3) is 5.69 Å². The summed E-state index contributed by atoms with van der Waals surface area (Å²) < 4.78 is 13.4. The first-order chi connectivity index (χ1) is 16.6. The van der Waals surface area contributed by atoms with E-state index in [0.717, 1.165) is 28.5 Å². The summed E-state index contributed by atoms with van der Waals surface area (Å²) in [4.78, 5) is 6.79. The van der Waals surface area contributed by atoms with Crippen molar-refractivity contribution in [1.82, 2.24) is 14.9 Å². The standard InChI is InChI=1S/C27H26N4O2S/c1-18-9-4-5-11-21(18)30-16-8-12-23(30)26-25(20-10-6-7-15-28-20)29-27(34)31(26)22-14-13-19(32-2)17-24(22)33-3/h4-17,25-26H,1-3H3,(H,29,34)/t25-,26+/m0/s1. The van der Waals surface area contributed by atoms with Crippen LogP contribution in [0.4, 0.5) is 5.69 Å². The Labute approximate surface area is 204 Å². The van der Waals surface area contributed by atoms with E-state index >= 15 is 0 Å². The van der Waals surface area contributed by atoms with E-state index in [0.29, 0.717) is 10.9 Å². The number of ether oxygens (including phenoxy) is 2. The smallest absolute Gasteiger partial charge is 0.174 e. The summed E-state index contributed by atoms with van der Waals surface area (Å²) in [6, 6.07) is 24.0. The van der Waals surface area contributed by atoms with Crippen molar-refractivity contribution in [2.24, 2.45) is 0 Å². The fourth-order valence-electron chi connectivity index (χ4n) is 4.59. The Morgan fingerprint density at radius 2 is 1.74 bits per heavy atom. The third-order valence-electron chi connectivity index (χ3n) is 6.20. The fraction of sp³-hybridized carbons (Fsp3) is 0.185. The first-order valence-corrected chi connectivity index (χ1v) is 11.5. The highest BCUT2D eigenvalue weighted by Crippen LogP contribution is 2.45. The number of methoxy groups -OCH3 is 2. The average Bonchev–Trinajstić information content (AvgIpc) is 3.48. The fourth-order valence-corrected chi connectivity index (χ4v) is 4.93. The number of anilines is 1. The molecule has 1 aliphatic rings. The predicted molar refractivity (Wildman–Crippen MR) is 138 cm³/mol. The largest absolute Gasteiger partial charge is 0.497 e. The zero-order chi connectivity index (χ0) is 23.7. The van der Waals surface area contributed by atoms with Crippen LogP contribution in [0.15, 0.2) is 85.2 Å². The highest BCUT2D eigenvalue weighted by atomic mass is 32.1. The van der Waals surface area contributed by atoms with Gasteiger partial charge in [0.25, 0.3) is 0 Å². The second kappa shape index (κ2) is 9.19. The minimum atomic E-state index is -0.167. The lowest BCUT2D eigenvalue weighted by atomic mass is 10.00. The van der Waals surface area contributed by atoms with Crippen molar-refractivity contribution in [3.63, 3.8) is 0 Å². The highest BCUT2D eigenvalue weighted by Gasteiger charge is 2.43. The summed E-state index contributed by atoms with van der Waals surface area (Å²) in [6.07, 6.45) is 3.91. The molecule has 0 unspecified atom stereocenters. The van der Waals surface area contributed by atoms with Gasteiger partial charge in [0, 0.05) is 29.8 Å². The number of hydrogen-bond donors (Lipinski definition) is 1. The number of benzene rings is 2. The number of nitrogens with one attached hydrogen (secondary N) is 1. The van der Waals surface area contributed by atoms with E-state index in [9.17, 15) is 0 Å². The van der Waals surface area contributed by atoms with Crippen molar-refractivity contribution in [3.8, 4) is 17.2 Å². The van der Waals surface area contributed by atoms with Crippen molar-refractivity contribution in [3.05, 3.63) is 102 Å². The molecule has 1 fully saturated rings. The molecule has 1 saturated heterocycles. The maximum Gasteiger partial charge on any atom is 0.174 e.